The van der Waals surface area contributed by atoms with Gasteiger partial charge >= 0.3 is 0 Å². The maximum atomic E-state index is 6.30. The SMILES string of the molecule is c1ccc(CN2CCC[C@@H]2COCCCN2CCC3(CC2)OCc2ccccc23)cc1. The van der Waals surface area contributed by atoms with Crippen LogP contribution in [0.4, 0.5) is 0 Å². The maximum absolute atomic E-state index is 6.30. The molecule has 0 radical (unpaired) electrons. The minimum Gasteiger partial charge on any atom is -0.380 e. The van der Waals surface area contributed by atoms with Gasteiger partial charge in [-0.05, 0) is 55.3 Å². The fourth-order valence-electron chi connectivity index (χ4n) is 5.66. The summed E-state index contributed by atoms with van der Waals surface area (Å²) in [6.07, 6.45) is 5.91. The van der Waals surface area contributed by atoms with E-state index in [1.165, 1.54) is 36.1 Å². The first-order valence-corrected chi connectivity index (χ1v) is 12.1. The van der Waals surface area contributed by atoms with E-state index in [0.717, 1.165) is 65.3 Å². The molecular formula is C27H36N2O2. The minimum atomic E-state index is -0.0196. The van der Waals surface area contributed by atoms with Gasteiger partial charge in [-0.3, -0.25) is 4.90 Å². The zero-order valence-electron chi connectivity index (χ0n) is 18.7. The van der Waals surface area contributed by atoms with Gasteiger partial charge in [-0.1, -0.05) is 54.6 Å². The molecule has 0 aliphatic carbocycles. The molecule has 2 aromatic rings. The molecule has 4 heteroatoms. The summed E-state index contributed by atoms with van der Waals surface area (Å²) >= 11 is 0. The molecule has 2 fully saturated rings. The Kier molecular flexibility index (Phi) is 6.70. The van der Waals surface area contributed by atoms with E-state index in [9.17, 15) is 0 Å². The predicted molar refractivity (Wildman–Crippen MR) is 124 cm³/mol. The summed E-state index contributed by atoms with van der Waals surface area (Å²) in [6, 6.07) is 20.2. The number of piperidine rings is 1. The monoisotopic (exact) mass is 420 g/mol. The summed E-state index contributed by atoms with van der Waals surface area (Å²) in [5.41, 5.74) is 4.21. The first-order chi connectivity index (χ1) is 15.3. The highest BCUT2D eigenvalue weighted by atomic mass is 16.5. The van der Waals surface area contributed by atoms with E-state index in [2.05, 4.69) is 64.4 Å². The normalized spacial score (nSPS) is 23.4. The highest BCUT2D eigenvalue weighted by molar-refractivity contribution is 5.35. The van der Waals surface area contributed by atoms with E-state index in [1.54, 1.807) is 0 Å². The first-order valence-electron chi connectivity index (χ1n) is 12.1. The van der Waals surface area contributed by atoms with Crippen LogP contribution in [0, 0.1) is 0 Å². The zero-order chi connectivity index (χ0) is 20.9. The molecule has 2 saturated heterocycles. The predicted octanol–water partition coefficient (Wildman–Crippen LogP) is 4.58. The molecule has 0 saturated carbocycles. The molecule has 0 bridgehead atoms. The van der Waals surface area contributed by atoms with Crippen molar-refractivity contribution in [2.24, 2.45) is 0 Å². The topological polar surface area (TPSA) is 24.9 Å². The standard InChI is InChI=1S/C27H36N2O2/c1-2-8-23(9-3-1)20-29-16-6-11-25(29)22-30-19-7-15-28-17-13-27(14-18-28)26-12-5-4-10-24(26)21-31-27/h1-5,8-10,12,25H,6-7,11,13-22H2/t25-/m1/s1. The first kappa shape index (κ1) is 21.1. The summed E-state index contributed by atoms with van der Waals surface area (Å²) in [5, 5.41) is 0. The number of benzene rings is 2. The molecule has 1 spiro atoms. The van der Waals surface area contributed by atoms with Gasteiger partial charge in [0.25, 0.3) is 0 Å². The summed E-state index contributed by atoms with van der Waals surface area (Å²) < 4.78 is 12.4. The molecule has 3 aliphatic rings. The van der Waals surface area contributed by atoms with Gasteiger partial charge in [0.05, 0.1) is 18.8 Å². The molecule has 3 heterocycles. The smallest absolute Gasteiger partial charge is 0.0963 e. The number of ether oxygens (including phenoxy) is 2. The molecule has 3 aliphatic heterocycles. The van der Waals surface area contributed by atoms with Crippen LogP contribution in [-0.4, -0.2) is 55.2 Å². The molecule has 31 heavy (non-hydrogen) atoms. The average molecular weight is 421 g/mol. The molecular weight excluding hydrogens is 384 g/mol. The highest BCUT2D eigenvalue weighted by Crippen LogP contribution is 2.43. The van der Waals surface area contributed by atoms with Crippen molar-refractivity contribution < 1.29 is 9.47 Å². The van der Waals surface area contributed by atoms with Gasteiger partial charge in [-0.25, -0.2) is 0 Å². The zero-order valence-corrected chi connectivity index (χ0v) is 18.7. The molecule has 0 amide bonds. The summed E-state index contributed by atoms with van der Waals surface area (Å²) in [4.78, 5) is 5.19. The fourth-order valence-corrected chi connectivity index (χ4v) is 5.66. The average Bonchev–Trinajstić information content (AvgIpc) is 3.41. The lowest BCUT2D eigenvalue weighted by atomic mass is 9.84. The van der Waals surface area contributed by atoms with Gasteiger partial charge in [0, 0.05) is 38.8 Å². The van der Waals surface area contributed by atoms with Crippen LogP contribution in [-0.2, 0) is 28.2 Å². The molecule has 5 rings (SSSR count). The highest BCUT2D eigenvalue weighted by Gasteiger charge is 2.42. The van der Waals surface area contributed by atoms with Gasteiger partial charge in [-0.2, -0.15) is 0 Å². The van der Waals surface area contributed by atoms with E-state index < -0.39 is 0 Å². The van der Waals surface area contributed by atoms with Crippen LogP contribution in [0.15, 0.2) is 54.6 Å². The molecule has 4 nitrogen and oxygen atoms in total. The number of likely N-dealkylation sites (tertiary alicyclic amines) is 2. The van der Waals surface area contributed by atoms with Crippen LogP contribution < -0.4 is 0 Å². The quantitative estimate of drug-likeness (QED) is 0.584. The van der Waals surface area contributed by atoms with Crippen molar-refractivity contribution in [1.29, 1.82) is 0 Å². The van der Waals surface area contributed by atoms with Gasteiger partial charge in [0.1, 0.15) is 0 Å². The molecule has 2 aromatic carbocycles. The van der Waals surface area contributed by atoms with Crippen LogP contribution in [0.5, 0.6) is 0 Å². The van der Waals surface area contributed by atoms with E-state index in [4.69, 9.17) is 9.47 Å². The maximum Gasteiger partial charge on any atom is 0.0963 e. The van der Waals surface area contributed by atoms with Crippen molar-refractivity contribution >= 4 is 0 Å². The fraction of sp³-hybridized carbons (Fsp3) is 0.556. The Balaban J connectivity index is 1.00. The largest absolute Gasteiger partial charge is 0.380 e. The Morgan fingerprint density at radius 1 is 0.968 bits per heavy atom. The lowest BCUT2D eigenvalue weighted by Crippen LogP contribution is -2.43. The minimum absolute atomic E-state index is 0.0196. The third-order valence-corrected chi connectivity index (χ3v) is 7.48. The number of hydrogen-bond acceptors (Lipinski definition) is 4. The number of rotatable bonds is 8. The summed E-state index contributed by atoms with van der Waals surface area (Å²) in [5.74, 6) is 0. The molecule has 0 N–H and O–H groups in total. The van der Waals surface area contributed by atoms with E-state index in [0.29, 0.717) is 6.04 Å². The third-order valence-electron chi connectivity index (χ3n) is 7.48. The molecule has 1 atom stereocenters. The Labute approximate surface area is 187 Å². The lowest BCUT2D eigenvalue weighted by Gasteiger charge is -2.39. The second-order valence-electron chi connectivity index (χ2n) is 9.46. The Bertz CT molecular complexity index is 832. The third kappa shape index (κ3) is 4.88. The number of hydrogen-bond donors (Lipinski definition) is 0. The van der Waals surface area contributed by atoms with Crippen molar-refractivity contribution in [1.82, 2.24) is 9.80 Å². The Morgan fingerprint density at radius 3 is 2.65 bits per heavy atom. The van der Waals surface area contributed by atoms with Gasteiger partial charge in [0.2, 0.25) is 0 Å². The number of fused-ring (bicyclic) bond motifs is 2. The molecule has 0 unspecified atom stereocenters. The lowest BCUT2D eigenvalue weighted by molar-refractivity contribution is -0.0794. The summed E-state index contributed by atoms with van der Waals surface area (Å²) in [6.45, 7) is 8.17. The van der Waals surface area contributed by atoms with Crippen molar-refractivity contribution in [2.75, 3.05) is 39.4 Å². The molecule has 166 valence electrons. The van der Waals surface area contributed by atoms with Crippen LogP contribution in [0.1, 0.15) is 48.8 Å². The van der Waals surface area contributed by atoms with Crippen LogP contribution in [0.25, 0.3) is 0 Å². The van der Waals surface area contributed by atoms with Gasteiger partial charge in [-0.15, -0.1) is 0 Å². The molecule has 0 aromatic heterocycles. The van der Waals surface area contributed by atoms with Crippen LogP contribution >= 0.6 is 0 Å². The summed E-state index contributed by atoms with van der Waals surface area (Å²) in [7, 11) is 0. The van der Waals surface area contributed by atoms with E-state index in [1.807, 2.05) is 0 Å². The Hall–Kier alpha value is -1.72. The Morgan fingerprint density at radius 2 is 1.77 bits per heavy atom. The second kappa shape index (κ2) is 9.83. The van der Waals surface area contributed by atoms with Crippen LogP contribution in [0.3, 0.4) is 0 Å². The van der Waals surface area contributed by atoms with Gasteiger partial charge in [0.15, 0.2) is 0 Å². The second-order valence-corrected chi connectivity index (χ2v) is 9.46. The van der Waals surface area contributed by atoms with E-state index in [-0.39, 0.29) is 5.60 Å². The van der Waals surface area contributed by atoms with Crippen molar-refractivity contribution in [2.45, 2.75) is 56.9 Å². The van der Waals surface area contributed by atoms with E-state index >= 15 is 0 Å². The van der Waals surface area contributed by atoms with Crippen molar-refractivity contribution in [3.63, 3.8) is 0 Å². The van der Waals surface area contributed by atoms with Crippen LogP contribution in [0.2, 0.25) is 0 Å². The van der Waals surface area contributed by atoms with Crippen molar-refractivity contribution in [3.8, 4) is 0 Å². The van der Waals surface area contributed by atoms with Gasteiger partial charge < -0.3 is 14.4 Å². The van der Waals surface area contributed by atoms with Crippen molar-refractivity contribution in [3.05, 3.63) is 71.3 Å². The number of nitrogens with zero attached hydrogens (tertiary/aromatic N) is 2.